The fraction of sp³-hybridized carbons (Fsp3) is 0.625. The predicted octanol–water partition coefficient (Wildman–Crippen LogP) is 2.96. The van der Waals surface area contributed by atoms with E-state index < -0.39 is 17.2 Å². The highest BCUT2D eigenvalue weighted by molar-refractivity contribution is 5.26. The average molecular weight is 306 g/mol. The van der Waals surface area contributed by atoms with Gasteiger partial charge in [-0.1, -0.05) is 11.3 Å². The van der Waals surface area contributed by atoms with Crippen molar-refractivity contribution in [1.29, 1.82) is 0 Å². The minimum atomic E-state index is -0.824. The van der Waals surface area contributed by atoms with Crippen molar-refractivity contribution < 1.29 is 8.78 Å². The van der Waals surface area contributed by atoms with Gasteiger partial charge in [0.15, 0.2) is 11.6 Å². The summed E-state index contributed by atoms with van der Waals surface area (Å²) in [5.74, 6) is -0.969. The van der Waals surface area contributed by atoms with Crippen LogP contribution in [-0.4, -0.2) is 42.1 Å². The van der Waals surface area contributed by atoms with Gasteiger partial charge in [-0.25, -0.2) is 8.78 Å². The summed E-state index contributed by atoms with van der Waals surface area (Å²) < 4.78 is 26.6. The van der Waals surface area contributed by atoms with Crippen LogP contribution in [0.4, 0.5) is 8.78 Å². The van der Waals surface area contributed by atoms with E-state index in [2.05, 4.69) is 20.2 Å². The first-order valence-corrected chi connectivity index (χ1v) is 7.92. The van der Waals surface area contributed by atoms with Crippen LogP contribution < -0.4 is 0 Å². The van der Waals surface area contributed by atoms with E-state index in [4.69, 9.17) is 0 Å². The molecule has 2 bridgehead atoms. The lowest BCUT2D eigenvalue weighted by molar-refractivity contribution is 0.00733. The first kappa shape index (κ1) is 14.1. The zero-order chi connectivity index (χ0) is 15.3. The molecule has 4 aliphatic heterocycles. The summed E-state index contributed by atoms with van der Waals surface area (Å²) in [6, 6.07) is 4.42. The Balaban J connectivity index is 1.54. The molecule has 1 aromatic rings. The van der Waals surface area contributed by atoms with E-state index >= 15 is 0 Å². The number of hydrogen-bond acceptors (Lipinski definition) is 4. The summed E-state index contributed by atoms with van der Waals surface area (Å²) in [5.41, 5.74) is 0.0829. The quantitative estimate of drug-likeness (QED) is 0.841. The monoisotopic (exact) mass is 306 g/mol. The van der Waals surface area contributed by atoms with Crippen LogP contribution in [0.1, 0.15) is 25.3 Å². The van der Waals surface area contributed by atoms with Gasteiger partial charge in [0.25, 0.3) is 0 Å². The maximum Gasteiger partial charge on any atom is 0.159 e. The smallest absolute Gasteiger partial charge is 0.159 e. The molecule has 4 nitrogen and oxygen atoms in total. The molecule has 0 saturated carbocycles. The molecule has 1 aromatic carbocycles. The molecule has 1 unspecified atom stereocenters. The summed E-state index contributed by atoms with van der Waals surface area (Å²) in [4.78, 5) is 2.48. The van der Waals surface area contributed by atoms with Crippen LogP contribution in [0.3, 0.4) is 0 Å². The van der Waals surface area contributed by atoms with Crippen LogP contribution in [0.5, 0.6) is 0 Å². The van der Waals surface area contributed by atoms with Gasteiger partial charge in [0, 0.05) is 6.54 Å². The van der Waals surface area contributed by atoms with Crippen LogP contribution in [0, 0.1) is 17.6 Å². The lowest BCUT2D eigenvalue weighted by Crippen LogP contribution is -2.56. The molecule has 3 saturated heterocycles. The number of fused-ring (bicyclic) bond motifs is 3. The Bertz CT molecular complexity index is 612. The van der Waals surface area contributed by atoms with Gasteiger partial charge >= 0.3 is 0 Å². The molecule has 0 spiro atoms. The van der Waals surface area contributed by atoms with E-state index in [9.17, 15) is 8.78 Å². The Kier molecular flexibility index (Phi) is 3.18. The molecule has 4 aliphatic rings. The average Bonchev–Trinajstić information content (AvgIpc) is 2.95. The first-order chi connectivity index (χ1) is 10.5. The summed E-state index contributed by atoms with van der Waals surface area (Å²) in [5, 5.41) is 10.8. The third kappa shape index (κ3) is 2.20. The predicted molar refractivity (Wildman–Crippen MR) is 78.2 cm³/mol. The second kappa shape index (κ2) is 4.98. The number of benzene rings is 1. The van der Waals surface area contributed by atoms with Gasteiger partial charge in [-0.2, -0.15) is 5.11 Å². The van der Waals surface area contributed by atoms with Gasteiger partial charge in [0.05, 0.1) is 12.6 Å². The summed E-state index contributed by atoms with van der Waals surface area (Å²) >= 11 is 0. The van der Waals surface area contributed by atoms with Crippen LogP contribution in [0.15, 0.2) is 28.5 Å². The zero-order valence-corrected chi connectivity index (χ0v) is 12.7. The highest BCUT2D eigenvalue weighted by Gasteiger charge is 2.43. The lowest BCUT2D eigenvalue weighted by atomic mass is 9.83. The van der Waals surface area contributed by atoms with Crippen molar-refractivity contribution in [2.75, 3.05) is 26.2 Å². The third-order valence-electron chi connectivity index (χ3n) is 5.40. The van der Waals surface area contributed by atoms with Gasteiger partial charge in [0.1, 0.15) is 5.54 Å². The molecule has 6 heteroatoms. The number of hydrogen-bond donors (Lipinski definition) is 0. The normalized spacial score (nSPS) is 37.0. The summed E-state index contributed by atoms with van der Waals surface area (Å²) in [6.07, 6.45) is 2.44. The van der Waals surface area contributed by atoms with Crippen molar-refractivity contribution >= 4 is 0 Å². The Morgan fingerprint density at radius 1 is 1.18 bits per heavy atom. The highest BCUT2D eigenvalue weighted by Crippen LogP contribution is 2.38. The molecule has 0 N–H and O–H groups in total. The lowest BCUT2D eigenvalue weighted by Gasteiger charge is -2.47. The fourth-order valence-electron chi connectivity index (χ4n) is 3.97. The van der Waals surface area contributed by atoms with Gasteiger partial charge in [-0.05, 0) is 56.5 Å². The van der Waals surface area contributed by atoms with E-state index in [0.29, 0.717) is 24.1 Å². The van der Waals surface area contributed by atoms with Crippen molar-refractivity contribution in [2.24, 2.45) is 16.3 Å². The maximum atomic E-state index is 13.5. The second-order valence-electron chi connectivity index (χ2n) is 6.90. The van der Waals surface area contributed by atoms with Crippen molar-refractivity contribution in [3.05, 3.63) is 35.4 Å². The molecule has 4 heterocycles. The molecule has 0 amide bonds. The molecule has 5 rings (SSSR count). The summed E-state index contributed by atoms with van der Waals surface area (Å²) in [6.45, 7) is 5.98. The van der Waals surface area contributed by atoms with Crippen LogP contribution in [0.25, 0.3) is 0 Å². The highest BCUT2D eigenvalue weighted by atomic mass is 19.2. The minimum Gasteiger partial charge on any atom is -0.301 e. The van der Waals surface area contributed by atoms with Crippen molar-refractivity contribution in [3.63, 3.8) is 0 Å². The molecule has 118 valence electrons. The molecular formula is C16H20F2N4. The molecule has 0 aliphatic carbocycles. The minimum absolute atomic E-state index is 0.401. The molecule has 0 radical (unpaired) electrons. The first-order valence-electron chi connectivity index (χ1n) is 7.92. The van der Waals surface area contributed by atoms with Crippen LogP contribution >= 0.6 is 0 Å². The van der Waals surface area contributed by atoms with Gasteiger partial charge < -0.3 is 4.90 Å². The van der Waals surface area contributed by atoms with Gasteiger partial charge in [-0.15, -0.1) is 0 Å². The van der Waals surface area contributed by atoms with Crippen molar-refractivity contribution in [2.45, 2.75) is 31.3 Å². The Morgan fingerprint density at radius 3 is 2.59 bits per heavy atom. The van der Waals surface area contributed by atoms with Crippen LogP contribution in [-0.2, 0) is 5.54 Å². The Labute approximate surface area is 128 Å². The van der Waals surface area contributed by atoms with Crippen molar-refractivity contribution in [1.82, 2.24) is 9.91 Å². The number of halogens is 2. The standard InChI is InChI=1S/C16H20F2N4/c1-16(12-2-3-13(17)14(18)8-12)10-22(20-19-16)15-9-21-6-4-11(15)5-7-21/h2-3,8,11,15H,4-7,9-10H2,1H3/t15-,16?/m0/s1. The van der Waals surface area contributed by atoms with E-state index in [1.54, 1.807) is 6.07 Å². The van der Waals surface area contributed by atoms with E-state index in [1.165, 1.54) is 38.1 Å². The third-order valence-corrected chi connectivity index (χ3v) is 5.40. The Morgan fingerprint density at radius 2 is 1.95 bits per heavy atom. The number of nitrogens with zero attached hydrogens (tertiary/aromatic N) is 4. The Hall–Kier alpha value is -1.56. The molecule has 2 atom stereocenters. The van der Waals surface area contributed by atoms with E-state index in [1.807, 2.05) is 6.92 Å². The molecular weight excluding hydrogens is 286 g/mol. The number of rotatable bonds is 2. The molecule has 0 aromatic heterocycles. The topological polar surface area (TPSA) is 31.2 Å². The number of piperidine rings is 3. The molecule has 22 heavy (non-hydrogen) atoms. The zero-order valence-electron chi connectivity index (χ0n) is 12.7. The van der Waals surface area contributed by atoms with E-state index in [0.717, 1.165) is 6.54 Å². The molecule has 3 fully saturated rings. The summed E-state index contributed by atoms with van der Waals surface area (Å²) in [7, 11) is 0. The second-order valence-corrected chi connectivity index (χ2v) is 6.90. The van der Waals surface area contributed by atoms with Gasteiger partial charge in [-0.3, -0.25) is 5.01 Å². The van der Waals surface area contributed by atoms with Gasteiger partial charge in [0.2, 0.25) is 0 Å². The maximum absolute atomic E-state index is 13.5. The van der Waals surface area contributed by atoms with Crippen LogP contribution in [0.2, 0.25) is 0 Å². The van der Waals surface area contributed by atoms with E-state index in [-0.39, 0.29) is 0 Å². The fourth-order valence-corrected chi connectivity index (χ4v) is 3.97. The SMILES string of the molecule is CC1(c2ccc(F)c(F)c2)CN([C@H]2CN3CCC2CC3)N=N1. The largest absolute Gasteiger partial charge is 0.301 e. The van der Waals surface area contributed by atoms with Crippen molar-refractivity contribution in [3.8, 4) is 0 Å².